The molecule has 0 amide bonds. The Morgan fingerprint density at radius 3 is 2.58 bits per heavy atom. The zero-order valence-electron chi connectivity index (χ0n) is 12.2. The normalized spacial score (nSPS) is 27.4. The first kappa shape index (κ1) is 14.4. The Bertz CT molecular complexity index is 373. The van der Waals surface area contributed by atoms with Gasteiger partial charge in [-0.15, -0.1) is 0 Å². The number of nitrogens with one attached hydrogen (secondary N) is 1. The molecule has 2 N–H and O–H groups in total. The van der Waals surface area contributed by atoms with Crippen LogP contribution in [0.1, 0.15) is 44.6 Å². The maximum absolute atomic E-state index is 9.36. The van der Waals surface area contributed by atoms with Crippen molar-refractivity contribution < 1.29 is 5.11 Å². The van der Waals surface area contributed by atoms with Crippen LogP contribution in [0.25, 0.3) is 0 Å². The molecule has 0 bridgehead atoms. The monoisotopic (exact) mass is 261 g/mol. The molecule has 1 aliphatic rings. The minimum atomic E-state index is 0.362. The molecule has 1 saturated carbocycles. The first-order chi connectivity index (χ1) is 9.22. The van der Waals surface area contributed by atoms with E-state index < -0.39 is 0 Å². The van der Waals surface area contributed by atoms with E-state index >= 15 is 0 Å². The van der Waals surface area contributed by atoms with Crippen molar-refractivity contribution in [2.45, 2.75) is 51.5 Å². The van der Waals surface area contributed by atoms with Gasteiger partial charge < -0.3 is 10.4 Å². The van der Waals surface area contributed by atoms with Gasteiger partial charge in [-0.3, -0.25) is 0 Å². The zero-order valence-corrected chi connectivity index (χ0v) is 12.2. The molecular weight excluding hydrogens is 234 g/mol. The highest BCUT2D eigenvalue weighted by Crippen LogP contribution is 2.34. The second kappa shape index (κ2) is 6.95. The summed E-state index contributed by atoms with van der Waals surface area (Å²) >= 11 is 0. The van der Waals surface area contributed by atoms with Crippen LogP contribution < -0.4 is 5.32 Å². The van der Waals surface area contributed by atoms with Gasteiger partial charge >= 0.3 is 0 Å². The predicted molar refractivity (Wildman–Crippen MR) is 80.4 cm³/mol. The molecule has 1 aromatic rings. The Hall–Kier alpha value is -1.02. The predicted octanol–water partition coefficient (Wildman–Crippen LogP) is 3.74. The highest BCUT2D eigenvalue weighted by molar-refractivity contribution is 5.26. The molecule has 1 fully saturated rings. The fraction of sp³-hybridized carbons (Fsp3) is 0.647. The Kier molecular flexibility index (Phi) is 5.26. The summed E-state index contributed by atoms with van der Waals surface area (Å²) in [6.45, 7) is 2.29. The van der Waals surface area contributed by atoms with Gasteiger partial charge in [-0.1, -0.05) is 31.9 Å². The van der Waals surface area contributed by atoms with Crippen molar-refractivity contribution in [1.29, 1.82) is 0 Å². The summed E-state index contributed by atoms with van der Waals surface area (Å²) < 4.78 is 0. The van der Waals surface area contributed by atoms with Crippen LogP contribution in [0.4, 0.5) is 0 Å². The Morgan fingerprint density at radius 2 is 1.95 bits per heavy atom. The fourth-order valence-electron chi connectivity index (χ4n) is 3.57. The van der Waals surface area contributed by atoms with Gasteiger partial charge in [0.25, 0.3) is 0 Å². The average Bonchev–Trinajstić information content (AvgIpc) is 2.42. The van der Waals surface area contributed by atoms with Crippen molar-refractivity contribution in [3.8, 4) is 5.75 Å². The van der Waals surface area contributed by atoms with Crippen molar-refractivity contribution in [2.24, 2.45) is 11.8 Å². The van der Waals surface area contributed by atoms with Crippen molar-refractivity contribution in [3.05, 3.63) is 29.8 Å². The fourth-order valence-corrected chi connectivity index (χ4v) is 3.57. The van der Waals surface area contributed by atoms with Gasteiger partial charge in [-0.05, 0) is 62.3 Å². The molecule has 0 spiro atoms. The third-order valence-electron chi connectivity index (χ3n) is 4.59. The van der Waals surface area contributed by atoms with Gasteiger partial charge in [-0.25, -0.2) is 0 Å². The van der Waals surface area contributed by atoms with E-state index in [9.17, 15) is 5.11 Å². The molecular formula is C17H27NO. The molecule has 2 heteroatoms. The third kappa shape index (κ3) is 3.97. The van der Waals surface area contributed by atoms with E-state index in [0.29, 0.717) is 11.8 Å². The summed E-state index contributed by atoms with van der Waals surface area (Å²) in [6, 6.07) is 8.38. The second-order valence-electron chi connectivity index (χ2n) is 5.99. The summed E-state index contributed by atoms with van der Waals surface area (Å²) in [5, 5.41) is 12.9. The highest BCUT2D eigenvalue weighted by Gasteiger charge is 2.29. The van der Waals surface area contributed by atoms with Gasteiger partial charge in [0.05, 0.1) is 0 Å². The smallest absolute Gasteiger partial charge is 0.115 e. The van der Waals surface area contributed by atoms with E-state index in [4.69, 9.17) is 0 Å². The number of hydrogen-bond donors (Lipinski definition) is 2. The lowest BCUT2D eigenvalue weighted by atomic mass is 9.74. The highest BCUT2D eigenvalue weighted by atomic mass is 16.3. The molecule has 1 aromatic carbocycles. The summed E-state index contributed by atoms with van der Waals surface area (Å²) in [5.41, 5.74) is 1.35. The lowest BCUT2D eigenvalue weighted by molar-refractivity contribution is 0.200. The van der Waals surface area contributed by atoms with Gasteiger partial charge in [0.1, 0.15) is 5.75 Å². The molecule has 0 radical (unpaired) electrons. The number of benzene rings is 1. The minimum Gasteiger partial charge on any atom is -0.508 e. The van der Waals surface area contributed by atoms with Crippen LogP contribution in [0.2, 0.25) is 0 Å². The van der Waals surface area contributed by atoms with Gasteiger partial charge in [0.15, 0.2) is 0 Å². The Balaban J connectivity index is 1.99. The standard InChI is InChI=1S/C17H27NO/c1-3-4-13-7-10-17(18-2)15(11-13)12-14-5-8-16(19)9-6-14/h5-6,8-9,13,15,17-19H,3-4,7,10-12H2,1-2H3. The van der Waals surface area contributed by atoms with Crippen LogP contribution in [0.3, 0.4) is 0 Å². The number of aromatic hydroxyl groups is 1. The van der Waals surface area contributed by atoms with Crippen molar-refractivity contribution in [2.75, 3.05) is 7.05 Å². The number of phenols is 1. The quantitative estimate of drug-likeness (QED) is 0.846. The SMILES string of the molecule is CCCC1CCC(NC)C(Cc2ccc(O)cc2)C1. The molecule has 3 atom stereocenters. The molecule has 0 heterocycles. The van der Waals surface area contributed by atoms with Crippen LogP contribution in [-0.2, 0) is 6.42 Å². The second-order valence-corrected chi connectivity index (χ2v) is 5.99. The van der Waals surface area contributed by atoms with E-state index in [2.05, 4.69) is 31.4 Å². The summed E-state index contributed by atoms with van der Waals surface area (Å²) in [7, 11) is 2.09. The van der Waals surface area contributed by atoms with Crippen LogP contribution >= 0.6 is 0 Å². The summed E-state index contributed by atoms with van der Waals surface area (Å²) in [4.78, 5) is 0. The van der Waals surface area contributed by atoms with Crippen molar-refractivity contribution >= 4 is 0 Å². The molecule has 106 valence electrons. The minimum absolute atomic E-state index is 0.362. The molecule has 2 rings (SSSR count). The summed E-state index contributed by atoms with van der Waals surface area (Å²) in [6.07, 6.45) is 7.85. The number of rotatable bonds is 5. The molecule has 19 heavy (non-hydrogen) atoms. The van der Waals surface area contributed by atoms with Gasteiger partial charge in [0, 0.05) is 6.04 Å². The first-order valence-electron chi connectivity index (χ1n) is 7.68. The zero-order chi connectivity index (χ0) is 13.7. The van der Waals surface area contributed by atoms with Crippen LogP contribution in [0, 0.1) is 11.8 Å². The molecule has 0 aromatic heterocycles. The van der Waals surface area contributed by atoms with E-state index in [1.54, 1.807) is 12.1 Å². The topological polar surface area (TPSA) is 32.3 Å². The largest absolute Gasteiger partial charge is 0.508 e. The van der Waals surface area contributed by atoms with E-state index in [1.807, 2.05) is 0 Å². The van der Waals surface area contributed by atoms with E-state index in [0.717, 1.165) is 18.3 Å². The van der Waals surface area contributed by atoms with Gasteiger partial charge in [-0.2, -0.15) is 0 Å². The molecule has 3 unspecified atom stereocenters. The number of hydrogen-bond acceptors (Lipinski definition) is 2. The van der Waals surface area contributed by atoms with E-state index in [1.165, 1.54) is 37.7 Å². The Labute approximate surface area is 117 Å². The van der Waals surface area contributed by atoms with Crippen LogP contribution in [0.15, 0.2) is 24.3 Å². The summed E-state index contributed by atoms with van der Waals surface area (Å²) in [5.74, 6) is 2.01. The van der Waals surface area contributed by atoms with Crippen LogP contribution in [0.5, 0.6) is 5.75 Å². The van der Waals surface area contributed by atoms with Crippen molar-refractivity contribution in [1.82, 2.24) is 5.32 Å². The lowest BCUT2D eigenvalue weighted by Crippen LogP contribution is -2.39. The molecule has 0 aliphatic heterocycles. The average molecular weight is 261 g/mol. The molecule has 1 aliphatic carbocycles. The molecule has 2 nitrogen and oxygen atoms in total. The first-order valence-corrected chi connectivity index (χ1v) is 7.68. The number of phenolic OH excluding ortho intramolecular Hbond substituents is 1. The van der Waals surface area contributed by atoms with Crippen LogP contribution in [-0.4, -0.2) is 18.2 Å². The van der Waals surface area contributed by atoms with Crippen molar-refractivity contribution in [3.63, 3.8) is 0 Å². The Morgan fingerprint density at radius 1 is 1.21 bits per heavy atom. The maximum atomic E-state index is 9.36. The van der Waals surface area contributed by atoms with E-state index in [-0.39, 0.29) is 0 Å². The maximum Gasteiger partial charge on any atom is 0.115 e. The molecule has 0 saturated heterocycles. The lowest BCUT2D eigenvalue weighted by Gasteiger charge is -2.36. The third-order valence-corrected chi connectivity index (χ3v) is 4.59. The van der Waals surface area contributed by atoms with Gasteiger partial charge in [0.2, 0.25) is 0 Å².